The highest BCUT2D eigenvalue weighted by Gasteiger charge is 2.18. The van der Waals surface area contributed by atoms with Crippen LogP contribution in [0.1, 0.15) is 12.5 Å². The van der Waals surface area contributed by atoms with E-state index in [0.29, 0.717) is 21.1 Å². The number of rotatable bonds is 5. The number of aromatic amines is 1. The zero-order chi connectivity index (χ0) is 18.1. The summed E-state index contributed by atoms with van der Waals surface area (Å²) in [4.78, 5) is 31.7. The third-order valence-corrected chi connectivity index (χ3v) is 5.63. The maximum atomic E-state index is 12.6. The molecule has 0 bridgehead atoms. The number of aromatic nitrogens is 2. The van der Waals surface area contributed by atoms with Crippen LogP contribution in [0.5, 0.6) is 5.75 Å². The van der Waals surface area contributed by atoms with Crippen LogP contribution in [0.4, 0.5) is 0 Å². The van der Waals surface area contributed by atoms with Crippen molar-refractivity contribution in [3.8, 4) is 16.9 Å². The first-order valence-electron chi connectivity index (χ1n) is 7.53. The van der Waals surface area contributed by atoms with Gasteiger partial charge in [-0.05, 0) is 26.0 Å². The summed E-state index contributed by atoms with van der Waals surface area (Å²) in [6.07, 6.45) is 0. The van der Waals surface area contributed by atoms with Gasteiger partial charge in [-0.15, -0.1) is 11.3 Å². The second-order valence-electron chi connectivity index (χ2n) is 5.57. The van der Waals surface area contributed by atoms with E-state index in [1.54, 1.807) is 14.0 Å². The first-order valence-corrected chi connectivity index (χ1v) is 9.29. The summed E-state index contributed by atoms with van der Waals surface area (Å²) in [5.41, 5.74) is 7.73. The minimum Gasteiger partial charge on any atom is -0.496 e. The lowest BCUT2D eigenvalue weighted by Gasteiger charge is -2.09. The Morgan fingerprint density at radius 3 is 2.84 bits per heavy atom. The molecule has 1 atom stereocenters. The van der Waals surface area contributed by atoms with Gasteiger partial charge in [0.05, 0.1) is 17.7 Å². The normalized spacial score (nSPS) is 12.3. The number of H-pyrrole nitrogens is 1. The lowest BCUT2D eigenvalue weighted by atomic mass is 10.0. The Morgan fingerprint density at radius 1 is 1.40 bits per heavy atom. The minimum atomic E-state index is -0.475. The van der Waals surface area contributed by atoms with Crippen molar-refractivity contribution in [3.63, 3.8) is 0 Å². The van der Waals surface area contributed by atoms with Crippen LogP contribution in [-0.4, -0.2) is 28.2 Å². The molecule has 0 fully saturated rings. The van der Waals surface area contributed by atoms with Gasteiger partial charge < -0.3 is 15.5 Å². The number of nitrogens with two attached hydrogens (primary N) is 1. The number of benzene rings is 1. The Bertz CT molecular complexity index is 1010. The number of aryl methyl sites for hydroxylation is 1. The van der Waals surface area contributed by atoms with Crippen LogP contribution in [0, 0.1) is 6.92 Å². The number of hydrogen-bond donors (Lipinski definition) is 2. The molecule has 0 saturated carbocycles. The van der Waals surface area contributed by atoms with E-state index in [2.05, 4.69) is 9.97 Å². The molecule has 25 heavy (non-hydrogen) atoms. The molecule has 130 valence electrons. The topological polar surface area (TPSA) is 98.1 Å². The number of primary amides is 1. The number of hydrogen-bond acceptors (Lipinski definition) is 6. The zero-order valence-electron chi connectivity index (χ0n) is 14.0. The van der Waals surface area contributed by atoms with E-state index in [4.69, 9.17) is 10.5 Å². The molecule has 0 aliphatic heterocycles. The van der Waals surface area contributed by atoms with Gasteiger partial charge in [0.15, 0.2) is 5.16 Å². The van der Waals surface area contributed by atoms with Crippen molar-refractivity contribution in [3.05, 3.63) is 39.5 Å². The van der Waals surface area contributed by atoms with E-state index in [1.807, 2.05) is 30.5 Å². The molecular weight excluding hydrogens is 358 g/mol. The van der Waals surface area contributed by atoms with Gasteiger partial charge in [0, 0.05) is 16.5 Å². The van der Waals surface area contributed by atoms with Crippen molar-refractivity contribution in [2.75, 3.05) is 7.11 Å². The number of ether oxygens (including phenoxy) is 1. The Labute approximate surface area is 152 Å². The highest BCUT2D eigenvalue weighted by atomic mass is 32.2. The third kappa shape index (κ3) is 3.40. The highest BCUT2D eigenvalue weighted by Crippen LogP contribution is 2.37. The Morgan fingerprint density at radius 2 is 2.16 bits per heavy atom. The van der Waals surface area contributed by atoms with E-state index in [-0.39, 0.29) is 5.56 Å². The highest BCUT2D eigenvalue weighted by molar-refractivity contribution is 8.00. The number of carbonyl (C=O) groups is 1. The number of thioether (sulfide) groups is 1. The molecule has 0 saturated heterocycles. The van der Waals surface area contributed by atoms with Crippen LogP contribution in [0.2, 0.25) is 0 Å². The fourth-order valence-electron chi connectivity index (χ4n) is 2.44. The smallest absolute Gasteiger partial charge is 0.260 e. The van der Waals surface area contributed by atoms with Crippen molar-refractivity contribution >= 4 is 39.2 Å². The Balaban J connectivity index is 2.13. The number of nitrogens with one attached hydrogen (secondary N) is 1. The summed E-state index contributed by atoms with van der Waals surface area (Å²) in [6.45, 7) is 3.66. The van der Waals surface area contributed by atoms with Crippen LogP contribution in [0.15, 0.2) is 33.5 Å². The molecule has 1 unspecified atom stereocenters. The van der Waals surface area contributed by atoms with Crippen LogP contribution in [-0.2, 0) is 4.79 Å². The monoisotopic (exact) mass is 375 g/mol. The SMILES string of the molecule is COc1ccc(C)cc1-c1csc2nc(SC(C)C(N)=O)[nH]c(=O)c12. The van der Waals surface area contributed by atoms with Gasteiger partial charge in [-0.2, -0.15) is 0 Å². The van der Waals surface area contributed by atoms with E-state index in [0.717, 1.165) is 28.5 Å². The molecule has 0 radical (unpaired) electrons. The second-order valence-corrected chi connectivity index (χ2v) is 7.75. The number of carbonyl (C=O) groups excluding carboxylic acids is 1. The van der Waals surface area contributed by atoms with Crippen molar-refractivity contribution in [1.82, 2.24) is 9.97 Å². The third-order valence-electron chi connectivity index (χ3n) is 3.76. The van der Waals surface area contributed by atoms with Crippen LogP contribution in [0.3, 0.4) is 0 Å². The number of amides is 1. The summed E-state index contributed by atoms with van der Waals surface area (Å²) < 4.78 is 5.43. The predicted molar refractivity (Wildman–Crippen MR) is 101 cm³/mol. The summed E-state index contributed by atoms with van der Waals surface area (Å²) in [5.74, 6) is 0.245. The maximum Gasteiger partial charge on any atom is 0.260 e. The molecule has 1 amide bonds. The predicted octanol–water partition coefficient (Wildman–Crippen LogP) is 2.93. The lowest BCUT2D eigenvalue weighted by Crippen LogP contribution is -2.23. The summed E-state index contributed by atoms with van der Waals surface area (Å²) in [5, 5.41) is 2.33. The zero-order valence-corrected chi connectivity index (χ0v) is 15.6. The molecule has 2 aromatic heterocycles. The van der Waals surface area contributed by atoms with Gasteiger partial charge in [0.2, 0.25) is 5.91 Å². The van der Waals surface area contributed by atoms with Gasteiger partial charge in [-0.1, -0.05) is 23.4 Å². The summed E-state index contributed by atoms with van der Waals surface area (Å²) in [7, 11) is 1.60. The van der Waals surface area contributed by atoms with Crippen molar-refractivity contribution in [1.29, 1.82) is 0 Å². The fourth-order valence-corrected chi connectivity index (χ4v) is 4.18. The van der Waals surface area contributed by atoms with Crippen molar-refractivity contribution < 1.29 is 9.53 Å². The van der Waals surface area contributed by atoms with E-state index in [9.17, 15) is 9.59 Å². The number of nitrogens with zero attached hydrogens (tertiary/aromatic N) is 1. The van der Waals surface area contributed by atoms with E-state index in [1.165, 1.54) is 11.3 Å². The Kier molecular flexibility index (Phi) is 4.82. The van der Waals surface area contributed by atoms with E-state index >= 15 is 0 Å². The van der Waals surface area contributed by atoms with Crippen LogP contribution < -0.4 is 16.0 Å². The van der Waals surface area contributed by atoms with Crippen LogP contribution in [0.25, 0.3) is 21.3 Å². The van der Waals surface area contributed by atoms with Gasteiger partial charge in [0.25, 0.3) is 5.56 Å². The molecule has 6 nitrogen and oxygen atoms in total. The molecule has 0 aliphatic carbocycles. The van der Waals surface area contributed by atoms with Gasteiger partial charge in [-0.3, -0.25) is 9.59 Å². The Hall–Kier alpha value is -2.32. The van der Waals surface area contributed by atoms with Crippen molar-refractivity contribution in [2.45, 2.75) is 24.3 Å². The standard InChI is InChI=1S/C17H17N3O3S2/c1-8-4-5-12(23-3)10(6-8)11-7-24-16-13(11)15(22)19-17(20-16)25-9(2)14(18)21/h4-7,9H,1-3H3,(H2,18,21)(H,19,20,22). The molecule has 2 heterocycles. The lowest BCUT2D eigenvalue weighted by molar-refractivity contribution is -0.117. The molecule has 3 aromatic rings. The maximum absolute atomic E-state index is 12.6. The van der Waals surface area contributed by atoms with Gasteiger partial charge in [0.1, 0.15) is 10.6 Å². The summed E-state index contributed by atoms with van der Waals surface area (Å²) >= 11 is 2.52. The molecule has 1 aromatic carbocycles. The van der Waals surface area contributed by atoms with Crippen molar-refractivity contribution in [2.24, 2.45) is 5.73 Å². The van der Waals surface area contributed by atoms with Crippen LogP contribution >= 0.6 is 23.1 Å². The first kappa shape index (κ1) is 17.5. The molecule has 3 rings (SSSR count). The molecular formula is C17H17N3O3S2. The molecule has 0 spiro atoms. The van der Waals surface area contributed by atoms with Gasteiger partial charge >= 0.3 is 0 Å². The summed E-state index contributed by atoms with van der Waals surface area (Å²) in [6, 6.07) is 5.82. The quantitative estimate of drug-likeness (QED) is 0.528. The largest absolute Gasteiger partial charge is 0.496 e. The van der Waals surface area contributed by atoms with E-state index < -0.39 is 11.2 Å². The molecule has 3 N–H and O–H groups in total. The average Bonchev–Trinajstić information content (AvgIpc) is 2.99. The number of methoxy groups -OCH3 is 1. The number of thiophene rings is 1. The molecule has 8 heteroatoms. The second kappa shape index (κ2) is 6.89. The average molecular weight is 375 g/mol. The number of fused-ring (bicyclic) bond motifs is 1. The minimum absolute atomic E-state index is 0.246. The first-order chi connectivity index (χ1) is 11.9. The van der Waals surface area contributed by atoms with Gasteiger partial charge in [-0.25, -0.2) is 4.98 Å². The fraction of sp³-hybridized carbons (Fsp3) is 0.235. The molecule has 0 aliphatic rings.